The van der Waals surface area contributed by atoms with Crippen LogP contribution in [0, 0.1) is 20.8 Å². The lowest BCUT2D eigenvalue weighted by Gasteiger charge is -2.29. The summed E-state index contributed by atoms with van der Waals surface area (Å²) in [5.41, 5.74) is 0.179. The highest BCUT2D eigenvalue weighted by molar-refractivity contribution is 8.44. The van der Waals surface area contributed by atoms with E-state index in [2.05, 4.69) is 42.2 Å². The fraction of sp³-hybridized carbons (Fsp3) is 0.646. The predicted molar refractivity (Wildman–Crippen MR) is 357 cm³/mol. The van der Waals surface area contributed by atoms with Crippen LogP contribution in [0.25, 0.3) is 11.2 Å². The Balaban J connectivity index is 0.953. The number of aliphatic hydroxyl groups excluding tert-OH is 1. The van der Waals surface area contributed by atoms with Gasteiger partial charge in [0.1, 0.15) is 61.3 Å². The monoisotopic (exact) mass is 1580 g/mol. The Morgan fingerprint density at radius 3 is 1.50 bits per heavy atom. The van der Waals surface area contributed by atoms with E-state index < -0.39 is 191 Å². The van der Waals surface area contributed by atoms with Gasteiger partial charge in [0.15, 0.2) is 23.6 Å². The summed E-state index contributed by atoms with van der Waals surface area (Å²) in [5, 5.41) is 9.33. The quantitative estimate of drug-likeness (QED) is 0.0153. The maximum atomic E-state index is 14.7. The van der Waals surface area contributed by atoms with Crippen LogP contribution in [0.5, 0.6) is 0 Å². The van der Waals surface area contributed by atoms with Crippen LogP contribution in [0.1, 0.15) is 74.7 Å². The average Bonchev–Trinajstić information content (AvgIpc) is 1.63. The molecule has 0 saturated carbocycles. The molecule has 546 valence electrons. The van der Waals surface area contributed by atoms with Gasteiger partial charge in [0, 0.05) is 68.9 Å². The van der Waals surface area contributed by atoms with E-state index in [9.17, 15) is 62.8 Å². The fourth-order valence-electron chi connectivity index (χ4n) is 10.6. The second-order valence-electron chi connectivity index (χ2n) is 22.5. The number of rotatable bonds is 32. The molecular formula is C48H70N11O29P5S5. The number of aromatic amines is 4. The van der Waals surface area contributed by atoms with Gasteiger partial charge >= 0.3 is 50.7 Å². The van der Waals surface area contributed by atoms with E-state index in [0.29, 0.717) is 0 Å². The van der Waals surface area contributed by atoms with Gasteiger partial charge in [-0.25, -0.2) is 23.9 Å². The molecule has 0 bridgehead atoms. The number of hydrogen-bond acceptors (Lipinski definition) is 32. The third-order valence-electron chi connectivity index (χ3n) is 15.1. The van der Waals surface area contributed by atoms with E-state index in [1.165, 1.54) is 51.2 Å². The molecule has 5 aromatic heterocycles. The minimum Gasteiger partial charge on any atom is -0.396 e. The zero-order valence-corrected chi connectivity index (χ0v) is 61.1. The van der Waals surface area contributed by atoms with Gasteiger partial charge in [-0.1, -0.05) is 12.2 Å². The van der Waals surface area contributed by atoms with Crippen molar-refractivity contribution in [2.24, 2.45) is 0 Å². The largest absolute Gasteiger partial charge is 0.396 e. The van der Waals surface area contributed by atoms with Crippen LogP contribution >= 0.6 is 45.9 Å². The molecule has 40 nitrogen and oxygen atoms in total. The van der Waals surface area contributed by atoms with E-state index in [-0.39, 0.29) is 66.3 Å². The Hall–Kier alpha value is -3.47. The van der Waals surface area contributed by atoms with Gasteiger partial charge in [0.05, 0.1) is 57.7 Å². The Labute approximate surface area is 578 Å². The number of aryl methyl sites for hydroxylation is 3. The van der Waals surface area contributed by atoms with Gasteiger partial charge in [-0.05, 0) is 88.3 Å². The molecule has 0 spiro atoms. The Bertz CT molecular complexity index is 4420. The zero-order chi connectivity index (χ0) is 71.7. The van der Waals surface area contributed by atoms with E-state index >= 15 is 0 Å². The first-order valence-electron chi connectivity index (χ1n) is 29.2. The summed E-state index contributed by atoms with van der Waals surface area (Å²) in [7, 11) is 2.35. The number of imidazole rings is 1. The summed E-state index contributed by atoms with van der Waals surface area (Å²) in [5.74, 6) is -0.241. The van der Waals surface area contributed by atoms with Crippen molar-refractivity contribution in [1.29, 1.82) is 0 Å². The van der Waals surface area contributed by atoms with Crippen molar-refractivity contribution in [3.63, 3.8) is 0 Å². The van der Waals surface area contributed by atoms with Gasteiger partial charge < -0.3 is 90.5 Å². The van der Waals surface area contributed by atoms with Crippen molar-refractivity contribution in [2.45, 2.75) is 146 Å². The fourth-order valence-corrected chi connectivity index (χ4v) is 18.2. The van der Waals surface area contributed by atoms with Crippen molar-refractivity contribution in [3.05, 3.63) is 114 Å². The number of aliphatic hydroxyl groups is 1. The zero-order valence-electron chi connectivity index (χ0n) is 52.4. The number of nitrogens with one attached hydrogen (secondary N) is 4. The lowest BCUT2D eigenvalue weighted by Crippen LogP contribution is -2.41. The summed E-state index contributed by atoms with van der Waals surface area (Å²) in [6.45, 7) is -18.4. The normalized spacial score (nSPS) is 29.0. The number of thiol groups is 1. The third kappa shape index (κ3) is 19.3. The van der Waals surface area contributed by atoms with Crippen LogP contribution in [0.4, 0.5) is 5.95 Å². The number of aromatic nitrogens is 10. The number of fused-ring (bicyclic) bond motifs is 1. The van der Waals surface area contributed by atoms with E-state index in [0.717, 1.165) is 27.0 Å². The third-order valence-corrected chi connectivity index (χ3v) is 23.2. The van der Waals surface area contributed by atoms with Crippen LogP contribution in [0.15, 0.2) is 58.5 Å². The van der Waals surface area contributed by atoms with E-state index in [1.807, 2.05) is 0 Å². The molecule has 50 heteroatoms. The number of anilines is 1. The molecule has 9 heterocycles. The second kappa shape index (κ2) is 32.3. The van der Waals surface area contributed by atoms with Gasteiger partial charge in [-0.15, -0.1) is 0 Å². The lowest BCUT2D eigenvalue weighted by atomic mass is 10.1. The number of nitrogens with two attached hydrogens (primary N) is 1. The van der Waals surface area contributed by atoms with Gasteiger partial charge in [-0.2, -0.15) is 4.98 Å². The molecule has 19 atom stereocenters. The molecule has 0 aliphatic carbocycles. The van der Waals surface area contributed by atoms with Crippen LogP contribution in [0.3, 0.4) is 0 Å². The number of nitrogens with zero attached hydrogens (tertiary/aromatic N) is 6. The molecule has 98 heavy (non-hydrogen) atoms. The Kier molecular flexibility index (Phi) is 25.9. The smallest absolute Gasteiger partial charge is 0.386 e. The van der Waals surface area contributed by atoms with Crippen molar-refractivity contribution in [1.82, 2.24) is 48.2 Å². The van der Waals surface area contributed by atoms with Crippen molar-refractivity contribution >= 4 is 110 Å². The number of methoxy groups -OCH3 is 2. The number of hydrogen-bond donors (Lipinski definition) is 11. The molecule has 0 radical (unpaired) electrons. The molecule has 4 aliphatic rings. The Morgan fingerprint density at radius 2 is 1.02 bits per heavy atom. The lowest BCUT2D eigenvalue weighted by molar-refractivity contribution is -0.0637. The Morgan fingerprint density at radius 1 is 0.592 bits per heavy atom. The van der Waals surface area contributed by atoms with Crippen LogP contribution < -0.4 is 45.0 Å². The van der Waals surface area contributed by atoms with Crippen LogP contribution in [-0.2, 0) is 125 Å². The van der Waals surface area contributed by atoms with E-state index in [4.69, 9.17) is 127 Å². The molecule has 4 fully saturated rings. The predicted octanol–water partition coefficient (Wildman–Crippen LogP) is 0.0138. The van der Waals surface area contributed by atoms with Crippen molar-refractivity contribution < 1.29 is 103 Å². The van der Waals surface area contributed by atoms with Gasteiger partial charge in [-0.3, -0.25) is 71.0 Å². The summed E-state index contributed by atoms with van der Waals surface area (Å²) in [4.78, 5) is 153. The molecule has 9 rings (SSSR count). The SMILES string of the molecule is COC1[C@@H](OP(=O)(S)OC[C@H]2O[C@@H](n3cc(C)c(=O)[nH]c3=O)C(OC)[C@H]2OP(O)(=S)OCCCO)[C@@H](COP(O)(=S)O[C@@H]2C[C@H](n3cc(C)c(=O)[nH]c3=O)O[C@@H]2COP(O)(=S)O[C@@H]2C[C@H](n3cnc4c(=O)[nH]c(N)nc43)O[C@@H]2COP(O)(=S)OC(C)C)O[C@H]1n1cc(C)c(=O)[nH]c1=O. The minimum absolute atomic E-state index is 0.00920. The first kappa shape index (κ1) is 78.7. The van der Waals surface area contributed by atoms with Crippen LogP contribution in [0.2, 0.25) is 0 Å². The maximum Gasteiger partial charge on any atom is 0.386 e. The highest BCUT2D eigenvalue weighted by Gasteiger charge is 2.54. The molecule has 0 amide bonds. The highest BCUT2D eigenvalue weighted by atomic mass is 32.7. The number of ether oxygens (including phenoxy) is 6. The highest BCUT2D eigenvalue weighted by Crippen LogP contribution is 2.59. The summed E-state index contributed by atoms with van der Waals surface area (Å²) >= 11 is 25.8. The molecule has 4 saturated heterocycles. The van der Waals surface area contributed by atoms with Crippen molar-refractivity contribution in [2.75, 3.05) is 59.6 Å². The van der Waals surface area contributed by atoms with Gasteiger partial charge in [0.2, 0.25) is 5.95 Å². The number of H-pyrrole nitrogens is 4. The molecular weight excluding hydrogens is 1510 g/mol. The minimum atomic E-state index is -4.87. The molecule has 11 N–H and O–H groups in total. The first-order chi connectivity index (χ1) is 45.9. The van der Waals surface area contributed by atoms with Gasteiger partial charge in [0.25, 0.3) is 22.2 Å². The standard InChI is InChI=1S/C48H70N11O29P5S5/c1-21(2)84-90(69,95)76-16-28-26(12-32(81-28)59-20-50-33-38(59)51-45(49)52-42(33)64)86-91(70,96)77-17-27-25(11-31(80-27)56-13-22(3)39(61)53-46(56)65)85-92(71,97)78-18-29-35(37(74-7)44(82-29)58-15-24(5)41(63)55-48(58)67)88-93(72,98)79-19-30-34(87-89(68,94)75-10-8-9-60)36(73-6)43(83-30)57-14-23(4)40(62)54-47(57)66/h13-15,20-21,25-32,34-37,43-44,60H,8-12,16-19H2,1-7H3,(H,68,94)(H,69,95)(H,70,96)(H,71,97)(H,72,98)(H,53,61,65)(H,54,62,66)(H,55,63,67)(H3,49,51,52,64)/t25-,26-,27-,28-,29-,30-,31-,32-,34+,35+,36?,37?,43-,44-,89?,90?,91?,92?,93?/m1/s1. The summed E-state index contributed by atoms with van der Waals surface area (Å²) in [6.07, 6.45) is -16.2. The maximum absolute atomic E-state index is 14.7. The number of nitrogen functional groups attached to an aromatic ring is 1. The molecule has 7 unspecified atom stereocenters. The van der Waals surface area contributed by atoms with Crippen LogP contribution in [-0.4, -0.2) is 194 Å². The second-order valence-corrected chi connectivity index (χ2v) is 36.5. The molecule has 5 aromatic rings. The average molecular weight is 1580 g/mol. The summed E-state index contributed by atoms with van der Waals surface area (Å²) in [6, 6.07) is 0. The first-order valence-corrected chi connectivity index (χ1v) is 42.2. The van der Waals surface area contributed by atoms with Crippen molar-refractivity contribution in [3.8, 4) is 0 Å². The van der Waals surface area contributed by atoms with E-state index in [1.54, 1.807) is 13.8 Å². The summed E-state index contributed by atoms with van der Waals surface area (Å²) < 4.78 is 113. The topological polar surface area (TPSA) is 520 Å². The molecule has 4 aliphatic heterocycles. The molecule has 0 aromatic carbocycles.